The van der Waals surface area contributed by atoms with E-state index in [1.165, 1.54) is 19.8 Å². The molecule has 0 fully saturated rings. The van der Waals surface area contributed by atoms with Gasteiger partial charge in [-0.25, -0.2) is 0 Å². The van der Waals surface area contributed by atoms with E-state index in [1.807, 2.05) is 13.0 Å². The van der Waals surface area contributed by atoms with Gasteiger partial charge in [0.05, 0.1) is 0 Å². The van der Waals surface area contributed by atoms with Crippen molar-refractivity contribution in [3.05, 3.63) is 35.9 Å². The lowest BCUT2D eigenvalue weighted by atomic mass is 9.98. The molecule has 124 valence electrons. The number of aryl methyl sites for hydroxylation is 1. The molecule has 1 rings (SSSR count). The number of unbranched alkanes of at least 4 members (excludes halogenated alkanes) is 2. The molecule has 0 unspecified atom stereocenters. The van der Waals surface area contributed by atoms with E-state index < -0.39 is 7.60 Å². The molecule has 0 N–H and O–H groups in total. The van der Waals surface area contributed by atoms with Crippen LogP contribution in [0.1, 0.15) is 38.2 Å². The molecule has 0 aliphatic rings. The maximum Gasteiger partial charge on any atom is 0.337 e. The van der Waals surface area contributed by atoms with Crippen LogP contribution in [0.4, 0.5) is 0 Å². The molecule has 0 aromatic heterocycles. The third-order valence-electron chi connectivity index (χ3n) is 3.90. The van der Waals surface area contributed by atoms with E-state index in [-0.39, 0.29) is 17.9 Å². The van der Waals surface area contributed by atoms with Gasteiger partial charge in [0.15, 0.2) is 0 Å². The minimum Gasteiger partial charge on any atom is -0.312 e. The molecular formula is C17H27O4P. The van der Waals surface area contributed by atoms with Crippen LogP contribution in [0.3, 0.4) is 0 Å². The average Bonchev–Trinajstić information content (AvgIpc) is 2.55. The summed E-state index contributed by atoms with van der Waals surface area (Å²) in [5.74, 6) is -0.148. The van der Waals surface area contributed by atoms with Crippen LogP contribution < -0.4 is 0 Å². The Morgan fingerprint density at radius 1 is 1.09 bits per heavy atom. The van der Waals surface area contributed by atoms with E-state index in [4.69, 9.17) is 9.05 Å². The summed E-state index contributed by atoms with van der Waals surface area (Å²) < 4.78 is 21.6. The highest BCUT2D eigenvalue weighted by Gasteiger charge is 2.27. The Balaban J connectivity index is 2.21. The van der Waals surface area contributed by atoms with Gasteiger partial charge in [-0.1, -0.05) is 50.1 Å². The second-order valence-corrected chi connectivity index (χ2v) is 7.85. The van der Waals surface area contributed by atoms with Crippen LogP contribution in [0.2, 0.25) is 0 Å². The van der Waals surface area contributed by atoms with E-state index in [9.17, 15) is 9.36 Å². The maximum absolute atomic E-state index is 12.0. The number of benzene rings is 1. The first kappa shape index (κ1) is 19.1. The fraction of sp³-hybridized carbons (Fsp3) is 0.588. The van der Waals surface area contributed by atoms with Gasteiger partial charge in [-0.3, -0.25) is 9.36 Å². The summed E-state index contributed by atoms with van der Waals surface area (Å²) in [5, 5.41) is 0. The summed E-state index contributed by atoms with van der Waals surface area (Å²) in [5.41, 5.74) is 1.35. The Morgan fingerprint density at radius 3 is 2.32 bits per heavy atom. The molecule has 0 amide bonds. The van der Waals surface area contributed by atoms with Gasteiger partial charge in [0, 0.05) is 20.1 Å². The van der Waals surface area contributed by atoms with E-state index >= 15 is 0 Å². The lowest BCUT2D eigenvalue weighted by molar-refractivity contribution is -0.120. The second kappa shape index (κ2) is 9.94. The third kappa shape index (κ3) is 6.87. The summed E-state index contributed by atoms with van der Waals surface area (Å²) in [6.45, 7) is 1.88. The Labute approximate surface area is 133 Å². The highest BCUT2D eigenvalue weighted by Crippen LogP contribution is 2.46. The van der Waals surface area contributed by atoms with Crippen LogP contribution >= 0.6 is 7.60 Å². The fourth-order valence-corrected chi connectivity index (χ4v) is 3.41. The second-order valence-electron chi connectivity index (χ2n) is 5.59. The topological polar surface area (TPSA) is 52.6 Å². The van der Waals surface area contributed by atoms with Gasteiger partial charge in [0.2, 0.25) is 0 Å². The van der Waals surface area contributed by atoms with Gasteiger partial charge in [-0.15, -0.1) is 0 Å². The zero-order valence-corrected chi connectivity index (χ0v) is 14.7. The molecule has 1 aromatic rings. The van der Waals surface area contributed by atoms with Crippen molar-refractivity contribution in [1.82, 2.24) is 0 Å². The van der Waals surface area contributed by atoms with Crippen LogP contribution in [0.15, 0.2) is 30.3 Å². The van der Waals surface area contributed by atoms with Crippen molar-refractivity contribution in [3.63, 3.8) is 0 Å². The monoisotopic (exact) mass is 326 g/mol. The molecular weight excluding hydrogens is 299 g/mol. The molecule has 0 aliphatic heterocycles. The number of carbonyl (C=O) groups excluding carboxylic acids is 1. The molecule has 4 nitrogen and oxygen atoms in total. The number of hydrogen-bond acceptors (Lipinski definition) is 4. The molecule has 1 aromatic carbocycles. The van der Waals surface area contributed by atoms with Gasteiger partial charge in [0.1, 0.15) is 11.9 Å². The largest absolute Gasteiger partial charge is 0.337 e. The van der Waals surface area contributed by atoms with Gasteiger partial charge in [-0.2, -0.15) is 0 Å². The minimum absolute atomic E-state index is 0.0462. The van der Waals surface area contributed by atoms with Gasteiger partial charge < -0.3 is 9.05 Å². The van der Waals surface area contributed by atoms with Crippen molar-refractivity contribution in [1.29, 1.82) is 0 Å². The summed E-state index contributed by atoms with van der Waals surface area (Å²) >= 11 is 0. The summed E-state index contributed by atoms with van der Waals surface area (Å²) in [6.07, 6.45) is 4.99. The average molecular weight is 326 g/mol. The van der Waals surface area contributed by atoms with Crippen molar-refractivity contribution in [2.75, 3.05) is 20.4 Å². The van der Waals surface area contributed by atoms with Crippen molar-refractivity contribution >= 4 is 13.4 Å². The molecule has 22 heavy (non-hydrogen) atoms. The van der Waals surface area contributed by atoms with E-state index in [2.05, 4.69) is 24.3 Å². The first-order valence-corrected chi connectivity index (χ1v) is 9.50. The lowest BCUT2D eigenvalue weighted by Crippen LogP contribution is -2.16. The van der Waals surface area contributed by atoms with Crippen molar-refractivity contribution in [2.45, 2.75) is 39.0 Å². The highest BCUT2D eigenvalue weighted by molar-refractivity contribution is 7.54. The number of ketones is 1. The van der Waals surface area contributed by atoms with E-state index in [0.29, 0.717) is 0 Å². The Hall–Kier alpha value is -0.960. The first-order chi connectivity index (χ1) is 10.5. The van der Waals surface area contributed by atoms with Crippen LogP contribution in [0.5, 0.6) is 0 Å². The highest BCUT2D eigenvalue weighted by atomic mass is 31.2. The molecule has 0 heterocycles. The molecule has 5 heteroatoms. The predicted octanol–water partition coefficient (Wildman–Crippen LogP) is 4.48. The van der Waals surface area contributed by atoms with Gasteiger partial charge >= 0.3 is 7.60 Å². The quantitative estimate of drug-likeness (QED) is 0.444. The van der Waals surface area contributed by atoms with E-state index in [0.717, 1.165) is 32.1 Å². The standard InChI is InChI=1S/C17H27O4P/c1-15(17(18)14-22(19,20-2)21-3)10-6-4-7-11-16-12-8-5-9-13-16/h5,8-9,12-13,15H,4,6-7,10-11,14H2,1-3H3/t15-/m0/s1. The van der Waals surface area contributed by atoms with Crippen molar-refractivity contribution in [3.8, 4) is 0 Å². The number of rotatable bonds is 11. The maximum atomic E-state index is 12.0. The first-order valence-electron chi connectivity index (χ1n) is 7.78. The summed E-state index contributed by atoms with van der Waals surface area (Å²) in [6, 6.07) is 10.4. The van der Waals surface area contributed by atoms with Crippen LogP contribution in [0, 0.1) is 5.92 Å². The van der Waals surface area contributed by atoms with Crippen molar-refractivity contribution < 1.29 is 18.4 Å². The molecule has 0 spiro atoms. The van der Waals surface area contributed by atoms with Crippen LogP contribution in [-0.4, -0.2) is 26.2 Å². The minimum atomic E-state index is -3.23. The van der Waals surface area contributed by atoms with E-state index in [1.54, 1.807) is 0 Å². The third-order valence-corrected chi connectivity index (χ3v) is 5.71. The summed E-state index contributed by atoms with van der Waals surface area (Å²) in [4.78, 5) is 12.0. The molecule has 1 atom stereocenters. The number of hydrogen-bond donors (Lipinski definition) is 0. The Morgan fingerprint density at radius 2 is 1.73 bits per heavy atom. The molecule has 0 saturated carbocycles. The SMILES string of the molecule is COP(=O)(CC(=O)[C@@H](C)CCCCCc1ccccc1)OC. The van der Waals surface area contributed by atoms with Crippen LogP contribution in [0.25, 0.3) is 0 Å². The number of Topliss-reactive ketones (excluding diaryl/α,β-unsaturated/α-hetero) is 1. The fourth-order valence-electron chi connectivity index (χ4n) is 2.31. The molecule has 0 saturated heterocycles. The Bertz CT molecular complexity index is 479. The normalized spacial score (nSPS) is 13.0. The predicted molar refractivity (Wildman–Crippen MR) is 89.3 cm³/mol. The Kier molecular flexibility index (Phi) is 8.62. The molecule has 0 aliphatic carbocycles. The van der Waals surface area contributed by atoms with Crippen LogP contribution in [-0.2, 0) is 24.8 Å². The smallest absolute Gasteiger partial charge is 0.312 e. The molecule has 0 radical (unpaired) electrons. The lowest BCUT2D eigenvalue weighted by Gasteiger charge is -2.15. The zero-order chi connectivity index (χ0) is 16.4. The molecule has 0 bridgehead atoms. The van der Waals surface area contributed by atoms with Gasteiger partial charge in [0.25, 0.3) is 0 Å². The zero-order valence-electron chi connectivity index (χ0n) is 13.8. The number of carbonyl (C=O) groups is 1. The van der Waals surface area contributed by atoms with Crippen molar-refractivity contribution in [2.24, 2.45) is 5.92 Å². The summed E-state index contributed by atoms with van der Waals surface area (Å²) in [7, 11) is -0.603. The van der Waals surface area contributed by atoms with Gasteiger partial charge in [-0.05, 0) is 24.8 Å².